The Balaban J connectivity index is 1.82. The van der Waals surface area contributed by atoms with E-state index in [0.717, 1.165) is 4.90 Å². The lowest BCUT2D eigenvalue weighted by atomic mass is 10.3. The number of ether oxygens (including phenoxy) is 1. The Bertz CT molecular complexity index is 471. The first-order valence-electron chi connectivity index (χ1n) is 5.83. The first kappa shape index (κ1) is 13.1. The molecule has 2 heterocycles. The molecule has 0 saturated carbocycles. The molecule has 0 spiro atoms. The highest BCUT2D eigenvalue weighted by Crippen LogP contribution is 2.10. The van der Waals surface area contributed by atoms with Crippen LogP contribution >= 0.6 is 0 Å². The van der Waals surface area contributed by atoms with Gasteiger partial charge in [0, 0.05) is 19.4 Å². The zero-order valence-electron chi connectivity index (χ0n) is 10.1. The molecule has 1 saturated heterocycles. The summed E-state index contributed by atoms with van der Waals surface area (Å²) in [4.78, 5) is 46.4. The fourth-order valence-corrected chi connectivity index (χ4v) is 1.76. The topological polar surface area (TPSA) is 105 Å². The average Bonchev–Trinajstić information content (AvgIpc) is 2.83. The van der Waals surface area contributed by atoms with E-state index in [4.69, 9.17) is 4.74 Å². The van der Waals surface area contributed by atoms with E-state index < -0.39 is 18.5 Å². The van der Waals surface area contributed by atoms with Crippen molar-refractivity contribution in [3.63, 3.8) is 0 Å². The van der Waals surface area contributed by atoms with Crippen molar-refractivity contribution in [3.05, 3.63) is 11.8 Å². The Hall–Kier alpha value is -2.38. The maximum Gasteiger partial charge on any atom is 0.356 e. The number of amides is 3. The highest BCUT2D eigenvalue weighted by atomic mass is 16.5. The minimum Gasteiger partial charge on any atom is -0.451 e. The predicted molar refractivity (Wildman–Crippen MR) is 60.9 cm³/mol. The maximum absolute atomic E-state index is 11.6. The van der Waals surface area contributed by atoms with E-state index in [2.05, 4.69) is 10.9 Å². The number of esters is 1. The van der Waals surface area contributed by atoms with Crippen molar-refractivity contribution >= 4 is 23.7 Å². The van der Waals surface area contributed by atoms with E-state index >= 15 is 0 Å². The van der Waals surface area contributed by atoms with Gasteiger partial charge >= 0.3 is 5.97 Å². The first-order chi connectivity index (χ1) is 9.08. The monoisotopic (exact) mass is 267 g/mol. The smallest absolute Gasteiger partial charge is 0.356 e. The largest absolute Gasteiger partial charge is 0.451 e. The van der Waals surface area contributed by atoms with E-state index in [1.165, 1.54) is 6.08 Å². The second-order valence-electron chi connectivity index (χ2n) is 4.11. The summed E-state index contributed by atoms with van der Waals surface area (Å²) in [5, 5.41) is 0. The van der Waals surface area contributed by atoms with Crippen LogP contribution in [0.4, 0.5) is 0 Å². The Kier molecular flexibility index (Phi) is 3.79. The van der Waals surface area contributed by atoms with Gasteiger partial charge in [0.2, 0.25) is 11.8 Å². The van der Waals surface area contributed by atoms with Gasteiger partial charge in [-0.25, -0.2) is 4.79 Å². The number of carbonyl (C=O) groups is 4. The molecule has 0 aromatic carbocycles. The summed E-state index contributed by atoms with van der Waals surface area (Å²) in [6.45, 7) is -0.121. The van der Waals surface area contributed by atoms with Gasteiger partial charge in [-0.15, -0.1) is 0 Å². The highest BCUT2D eigenvalue weighted by Gasteiger charge is 2.27. The zero-order chi connectivity index (χ0) is 13.8. The molecule has 0 aliphatic carbocycles. The molecule has 19 heavy (non-hydrogen) atoms. The maximum atomic E-state index is 11.6. The van der Waals surface area contributed by atoms with Gasteiger partial charge in [0.25, 0.3) is 5.91 Å². The van der Waals surface area contributed by atoms with Gasteiger partial charge in [-0.05, 0) is 12.5 Å². The molecule has 0 bridgehead atoms. The van der Waals surface area contributed by atoms with Crippen LogP contribution in [0.5, 0.6) is 0 Å². The van der Waals surface area contributed by atoms with Gasteiger partial charge in [-0.1, -0.05) is 0 Å². The van der Waals surface area contributed by atoms with Gasteiger partial charge in [0.15, 0.2) is 6.61 Å². The second-order valence-corrected chi connectivity index (χ2v) is 4.11. The standard InChI is InChI=1S/C11H13N3O5/c15-8-4-3-7(12-13-8)11(18)19-6-10(17)14-5-1-2-9(14)16/h3,12H,1-2,4-6H2,(H,13,15). The molecule has 2 rings (SSSR count). The number of nitrogens with one attached hydrogen (secondary N) is 2. The number of imide groups is 1. The quantitative estimate of drug-likeness (QED) is 0.608. The van der Waals surface area contributed by atoms with Crippen LogP contribution in [0.15, 0.2) is 11.8 Å². The fraction of sp³-hybridized carbons (Fsp3) is 0.455. The lowest BCUT2D eigenvalue weighted by Crippen LogP contribution is -2.43. The third-order valence-corrected chi connectivity index (χ3v) is 2.75. The number of nitrogens with zero attached hydrogens (tertiary/aromatic N) is 1. The lowest BCUT2D eigenvalue weighted by molar-refractivity contribution is -0.152. The second kappa shape index (κ2) is 5.51. The third-order valence-electron chi connectivity index (χ3n) is 2.75. The molecular formula is C11H13N3O5. The first-order valence-corrected chi connectivity index (χ1v) is 5.83. The molecule has 2 aliphatic heterocycles. The molecule has 3 amide bonds. The van der Waals surface area contributed by atoms with Crippen molar-refractivity contribution in [1.29, 1.82) is 0 Å². The molecule has 0 radical (unpaired) electrons. The molecule has 2 N–H and O–H groups in total. The molecule has 8 nitrogen and oxygen atoms in total. The lowest BCUT2D eigenvalue weighted by Gasteiger charge is -2.16. The van der Waals surface area contributed by atoms with Crippen molar-refractivity contribution < 1.29 is 23.9 Å². The van der Waals surface area contributed by atoms with Gasteiger partial charge < -0.3 is 4.74 Å². The molecule has 0 aromatic heterocycles. The van der Waals surface area contributed by atoms with Crippen LogP contribution in [0.1, 0.15) is 19.3 Å². The van der Waals surface area contributed by atoms with Crippen LogP contribution in [-0.4, -0.2) is 41.7 Å². The van der Waals surface area contributed by atoms with E-state index in [1.807, 2.05) is 0 Å². The number of rotatable bonds is 3. The molecule has 0 atom stereocenters. The van der Waals surface area contributed by atoms with Crippen molar-refractivity contribution in [3.8, 4) is 0 Å². The molecule has 2 aliphatic rings. The van der Waals surface area contributed by atoms with Gasteiger partial charge in [0.1, 0.15) is 5.70 Å². The molecule has 0 aromatic rings. The number of likely N-dealkylation sites (tertiary alicyclic amines) is 1. The van der Waals surface area contributed by atoms with Crippen molar-refractivity contribution in [2.75, 3.05) is 13.2 Å². The molecule has 1 fully saturated rings. The van der Waals surface area contributed by atoms with E-state index in [0.29, 0.717) is 19.4 Å². The molecule has 102 valence electrons. The Morgan fingerprint density at radius 2 is 2.11 bits per heavy atom. The van der Waals surface area contributed by atoms with Crippen LogP contribution in [0.2, 0.25) is 0 Å². The average molecular weight is 267 g/mol. The zero-order valence-corrected chi connectivity index (χ0v) is 10.1. The van der Waals surface area contributed by atoms with Gasteiger partial charge in [-0.2, -0.15) is 0 Å². The van der Waals surface area contributed by atoms with Gasteiger partial charge in [0.05, 0.1) is 0 Å². The summed E-state index contributed by atoms with van der Waals surface area (Å²) in [5.41, 5.74) is 4.69. The normalized spacial score (nSPS) is 18.5. The Morgan fingerprint density at radius 1 is 1.32 bits per heavy atom. The minimum absolute atomic E-state index is 0.0655. The van der Waals surface area contributed by atoms with Crippen LogP contribution in [0, 0.1) is 0 Å². The fourth-order valence-electron chi connectivity index (χ4n) is 1.76. The van der Waals surface area contributed by atoms with E-state index in [-0.39, 0.29) is 23.9 Å². The SMILES string of the molecule is O=C1CC=C(C(=O)OCC(=O)N2CCCC2=O)NN1. The van der Waals surface area contributed by atoms with Crippen LogP contribution in [0.3, 0.4) is 0 Å². The number of hydrogen-bond acceptors (Lipinski definition) is 6. The number of hydrogen-bond donors (Lipinski definition) is 2. The molecular weight excluding hydrogens is 254 g/mol. The predicted octanol–water partition coefficient (Wildman–Crippen LogP) is -1.41. The summed E-state index contributed by atoms with van der Waals surface area (Å²) in [6.07, 6.45) is 2.42. The van der Waals surface area contributed by atoms with E-state index in [1.54, 1.807) is 0 Å². The number of hydrazine groups is 1. The van der Waals surface area contributed by atoms with Crippen molar-refractivity contribution in [2.24, 2.45) is 0 Å². The van der Waals surface area contributed by atoms with E-state index in [9.17, 15) is 19.2 Å². The number of carbonyl (C=O) groups excluding carboxylic acids is 4. The third kappa shape index (κ3) is 3.09. The molecule has 0 unspecified atom stereocenters. The Morgan fingerprint density at radius 3 is 2.68 bits per heavy atom. The summed E-state index contributed by atoms with van der Waals surface area (Å²) in [5.74, 6) is -1.80. The highest BCUT2D eigenvalue weighted by molar-refractivity contribution is 5.98. The van der Waals surface area contributed by atoms with Gasteiger partial charge in [-0.3, -0.25) is 30.1 Å². The van der Waals surface area contributed by atoms with Crippen molar-refractivity contribution in [1.82, 2.24) is 15.8 Å². The van der Waals surface area contributed by atoms with Crippen LogP contribution in [0.25, 0.3) is 0 Å². The molecule has 8 heteroatoms. The van der Waals surface area contributed by atoms with Crippen LogP contribution < -0.4 is 10.9 Å². The summed E-state index contributed by atoms with van der Waals surface area (Å²) >= 11 is 0. The summed E-state index contributed by atoms with van der Waals surface area (Å²) in [6, 6.07) is 0. The van der Waals surface area contributed by atoms with Crippen molar-refractivity contribution in [2.45, 2.75) is 19.3 Å². The Labute approximate surface area is 108 Å². The minimum atomic E-state index is -0.750. The summed E-state index contributed by atoms with van der Waals surface area (Å²) < 4.78 is 4.77. The summed E-state index contributed by atoms with van der Waals surface area (Å²) in [7, 11) is 0. The van der Waals surface area contributed by atoms with Crippen LogP contribution in [-0.2, 0) is 23.9 Å².